The molecule has 1 aliphatic rings. The van der Waals surface area contributed by atoms with E-state index in [9.17, 15) is 9.59 Å². The van der Waals surface area contributed by atoms with E-state index in [1.54, 1.807) is 12.1 Å². The van der Waals surface area contributed by atoms with E-state index in [0.717, 1.165) is 43.1 Å². The molecule has 2 heterocycles. The molecule has 1 aromatic carbocycles. The van der Waals surface area contributed by atoms with Crippen LogP contribution in [0, 0.1) is 19.8 Å². The first-order valence-electron chi connectivity index (χ1n) is 10.7. The fourth-order valence-corrected chi connectivity index (χ4v) is 3.77. The molecule has 0 saturated carbocycles. The summed E-state index contributed by atoms with van der Waals surface area (Å²) in [6.07, 6.45) is 0.817. The Hall–Kier alpha value is -2.67. The van der Waals surface area contributed by atoms with E-state index in [1.807, 2.05) is 50.8 Å². The topological polar surface area (TPSA) is 78.7 Å². The van der Waals surface area contributed by atoms with E-state index < -0.39 is 6.04 Å². The molecule has 3 rings (SSSR count). The molecule has 1 fully saturated rings. The van der Waals surface area contributed by atoms with Crippen molar-refractivity contribution in [1.29, 1.82) is 0 Å². The Labute approximate surface area is 178 Å². The lowest BCUT2D eigenvalue weighted by Crippen LogP contribution is -2.56. The Bertz CT molecular complexity index is 837. The molecule has 2 atom stereocenters. The number of hydrogen-bond donors (Lipinski definition) is 1. The minimum Gasteiger partial charge on any atom is -0.361 e. The molecule has 0 radical (unpaired) electrons. The summed E-state index contributed by atoms with van der Waals surface area (Å²) in [6, 6.07) is 8.54. The Morgan fingerprint density at radius 3 is 2.37 bits per heavy atom. The van der Waals surface area contributed by atoms with Crippen LogP contribution in [0.2, 0.25) is 0 Å². The number of aryl methyl sites for hydroxylation is 2. The molecule has 1 saturated heterocycles. The van der Waals surface area contributed by atoms with Crippen molar-refractivity contribution >= 4 is 11.8 Å². The second kappa shape index (κ2) is 9.89. The minimum atomic E-state index is -0.517. The summed E-state index contributed by atoms with van der Waals surface area (Å²) in [5, 5.41) is 7.00. The van der Waals surface area contributed by atoms with Gasteiger partial charge in [-0.15, -0.1) is 0 Å². The van der Waals surface area contributed by atoms with E-state index >= 15 is 0 Å². The number of carbonyl (C=O) groups is 2. The maximum absolute atomic E-state index is 13.3. The van der Waals surface area contributed by atoms with Crippen molar-refractivity contribution in [1.82, 2.24) is 20.3 Å². The summed E-state index contributed by atoms with van der Waals surface area (Å²) in [5.74, 6) is 0.717. The molecule has 7 nitrogen and oxygen atoms in total. The molecule has 2 unspecified atom stereocenters. The van der Waals surface area contributed by atoms with Gasteiger partial charge in [0, 0.05) is 43.9 Å². The van der Waals surface area contributed by atoms with Gasteiger partial charge in [0.15, 0.2) is 0 Å². The van der Waals surface area contributed by atoms with E-state index in [4.69, 9.17) is 4.52 Å². The molecule has 2 amide bonds. The highest BCUT2D eigenvalue weighted by Crippen LogP contribution is 2.18. The first kappa shape index (κ1) is 22.0. The zero-order valence-corrected chi connectivity index (χ0v) is 18.4. The third-order valence-electron chi connectivity index (χ3n) is 6.05. The average Bonchev–Trinajstić information content (AvgIpc) is 3.09. The van der Waals surface area contributed by atoms with Crippen LogP contribution in [-0.4, -0.2) is 59.0 Å². The number of amides is 2. The average molecular weight is 413 g/mol. The second-order valence-corrected chi connectivity index (χ2v) is 8.11. The van der Waals surface area contributed by atoms with Crippen molar-refractivity contribution in [2.45, 2.75) is 46.7 Å². The number of hydrogen-bond acceptors (Lipinski definition) is 5. The highest BCUT2D eigenvalue weighted by Gasteiger charge is 2.32. The molecule has 1 aromatic heterocycles. The molecule has 162 valence electrons. The van der Waals surface area contributed by atoms with Gasteiger partial charge in [0.25, 0.3) is 5.91 Å². The lowest BCUT2D eigenvalue weighted by Gasteiger charge is -2.37. The van der Waals surface area contributed by atoms with Crippen LogP contribution in [0.5, 0.6) is 0 Å². The number of benzene rings is 1. The largest absolute Gasteiger partial charge is 0.361 e. The van der Waals surface area contributed by atoms with Gasteiger partial charge in [-0.1, -0.05) is 43.6 Å². The van der Waals surface area contributed by atoms with Gasteiger partial charge in [0.05, 0.1) is 5.69 Å². The van der Waals surface area contributed by atoms with Crippen molar-refractivity contribution in [3.8, 4) is 0 Å². The molecule has 1 aliphatic heterocycles. The third-order valence-corrected chi connectivity index (χ3v) is 6.05. The summed E-state index contributed by atoms with van der Waals surface area (Å²) >= 11 is 0. The third kappa shape index (κ3) is 5.08. The number of aromatic nitrogens is 1. The summed E-state index contributed by atoms with van der Waals surface area (Å²) < 4.78 is 5.26. The highest BCUT2D eigenvalue weighted by atomic mass is 16.5. The summed E-state index contributed by atoms with van der Waals surface area (Å²) in [5.41, 5.74) is 2.62. The molecule has 2 aromatic rings. The van der Waals surface area contributed by atoms with Gasteiger partial charge in [-0.25, -0.2) is 0 Å². The first-order valence-corrected chi connectivity index (χ1v) is 10.7. The van der Waals surface area contributed by atoms with Crippen LogP contribution in [0.3, 0.4) is 0 Å². The van der Waals surface area contributed by atoms with Crippen LogP contribution < -0.4 is 5.32 Å². The Morgan fingerprint density at radius 1 is 1.13 bits per heavy atom. The van der Waals surface area contributed by atoms with Gasteiger partial charge < -0.3 is 14.7 Å². The number of piperazine rings is 1. The van der Waals surface area contributed by atoms with Crippen molar-refractivity contribution < 1.29 is 14.1 Å². The smallest absolute Gasteiger partial charge is 0.251 e. The van der Waals surface area contributed by atoms with Crippen molar-refractivity contribution in [3.05, 3.63) is 52.9 Å². The number of rotatable bonds is 7. The molecular weight excluding hydrogens is 380 g/mol. The molecule has 1 N–H and O–H groups in total. The normalized spacial score (nSPS) is 16.9. The fourth-order valence-electron chi connectivity index (χ4n) is 3.77. The molecular formula is C23H32N4O3. The SMILES string of the molecule is CCC(C)C(NC(=O)c1ccccc1)C(=O)N1CCN(Cc2c(C)noc2C)CC1. The van der Waals surface area contributed by atoms with Crippen LogP contribution >= 0.6 is 0 Å². The fraction of sp³-hybridized carbons (Fsp3) is 0.522. The van der Waals surface area contributed by atoms with Crippen molar-refractivity contribution in [2.75, 3.05) is 26.2 Å². The van der Waals surface area contributed by atoms with E-state index in [2.05, 4.69) is 15.4 Å². The molecule has 30 heavy (non-hydrogen) atoms. The van der Waals surface area contributed by atoms with Crippen molar-refractivity contribution in [2.24, 2.45) is 5.92 Å². The van der Waals surface area contributed by atoms with Gasteiger partial charge in [-0.3, -0.25) is 14.5 Å². The van der Waals surface area contributed by atoms with Crippen LogP contribution in [0.25, 0.3) is 0 Å². The van der Waals surface area contributed by atoms with Crippen LogP contribution in [0.4, 0.5) is 0 Å². The maximum Gasteiger partial charge on any atom is 0.251 e. The Morgan fingerprint density at radius 2 is 1.80 bits per heavy atom. The monoisotopic (exact) mass is 412 g/mol. The van der Waals surface area contributed by atoms with Crippen LogP contribution in [0.15, 0.2) is 34.9 Å². The van der Waals surface area contributed by atoms with E-state index in [1.165, 1.54) is 0 Å². The van der Waals surface area contributed by atoms with Crippen molar-refractivity contribution in [3.63, 3.8) is 0 Å². The van der Waals surface area contributed by atoms with Gasteiger partial charge in [-0.2, -0.15) is 0 Å². The minimum absolute atomic E-state index is 0.00520. The first-order chi connectivity index (χ1) is 14.4. The van der Waals surface area contributed by atoms with Gasteiger partial charge in [0.1, 0.15) is 11.8 Å². The van der Waals surface area contributed by atoms with E-state index in [0.29, 0.717) is 18.7 Å². The Kier molecular flexibility index (Phi) is 7.26. The number of carbonyl (C=O) groups excluding carboxylic acids is 2. The lowest BCUT2D eigenvalue weighted by molar-refractivity contribution is -0.136. The standard InChI is InChI=1S/C23H32N4O3/c1-5-16(2)21(24-22(28)19-9-7-6-8-10-19)23(29)27-13-11-26(12-14-27)15-20-17(3)25-30-18(20)4/h6-10,16,21H,5,11-15H2,1-4H3,(H,24,28). The van der Waals surface area contributed by atoms with Gasteiger partial charge in [0.2, 0.25) is 5.91 Å². The molecule has 0 bridgehead atoms. The second-order valence-electron chi connectivity index (χ2n) is 8.11. The zero-order valence-electron chi connectivity index (χ0n) is 18.4. The van der Waals surface area contributed by atoms with Gasteiger partial charge >= 0.3 is 0 Å². The maximum atomic E-state index is 13.3. The van der Waals surface area contributed by atoms with Crippen LogP contribution in [0.1, 0.15) is 47.6 Å². The zero-order chi connectivity index (χ0) is 21.7. The molecule has 0 spiro atoms. The molecule has 0 aliphatic carbocycles. The predicted octanol–water partition coefficient (Wildman–Crippen LogP) is 2.78. The van der Waals surface area contributed by atoms with Gasteiger partial charge in [-0.05, 0) is 31.9 Å². The summed E-state index contributed by atoms with van der Waals surface area (Å²) in [4.78, 5) is 30.1. The molecule has 7 heteroatoms. The highest BCUT2D eigenvalue weighted by molar-refractivity contribution is 5.97. The summed E-state index contributed by atoms with van der Waals surface area (Å²) in [7, 11) is 0. The van der Waals surface area contributed by atoms with E-state index in [-0.39, 0.29) is 17.7 Å². The number of nitrogens with one attached hydrogen (secondary N) is 1. The lowest BCUT2D eigenvalue weighted by atomic mass is 9.97. The predicted molar refractivity (Wildman–Crippen MR) is 115 cm³/mol. The van der Waals surface area contributed by atoms with Crippen LogP contribution in [-0.2, 0) is 11.3 Å². The summed E-state index contributed by atoms with van der Waals surface area (Å²) in [6.45, 7) is 11.6. The quantitative estimate of drug-likeness (QED) is 0.757. The number of nitrogens with zero attached hydrogens (tertiary/aromatic N) is 3. The Balaban J connectivity index is 1.61.